The molecule has 0 fully saturated rings. The van der Waals surface area contributed by atoms with Crippen LogP contribution in [0.4, 0.5) is 15.4 Å². The van der Waals surface area contributed by atoms with Crippen LogP contribution in [-0.4, -0.2) is 67.0 Å². The molecule has 42 heavy (non-hydrogen) atoms. The zero-order chi connectivity index (χ0) is 30.4. The molecule has 3 N–H and O–H groups in total. The monoisotopic (exact) mass is 577 g/mol. The number of nitrogens with one attached hydrogen (secondary N) is 2. The van der Waals surface area contributed by atoms with Crippen LogP contribution in [-0.2, 0) is 16.1 Å². The number of carbonyl (C=O) groups excluding carboxylic acids is 2. The molecule has 2 aromatic heterocycles. The first kappa shape index (κ1) is 30.2. The fourth-order valence-electron chi connectivity index (χ4n) is 4.24. The summed E-state index contributed by atoms with van der Waals surface area (Å²) >= 11 is 0. The lowest BCUT2D eigenvalue weighted by Gasteiger charge is -2.23. The number of hydrogen-bond donors (Lipinski definition) is 3. The van der Waals surface area contributed by atoms with Gasteiger partial charge in [0.25, 0.3) is 5.89 Å². The van der Waals surface area contributed by atoms with E-state index in [0.717, 1.165) is 17.6 Å². The lowest BCUT2D eigenvalue weighted by Crippen LogP contribution is -2.35. The number of benzene rings is 1. The fourth-order valence-corrected chi connectivity index (χ4v) is 4.24. The summed E-state index contributed by atoms with van der Waals surface area (Å²) < 4.78 is 11.4. The lowest BCUT2D eigenvalue weighted by molar-refractivity contribution is -0.121. The van der Waals surface area contributed by atoms with E-state index in [2.05, 4.69) is 25.8 Å². The third-order valence-corrected chi connectivity index (χ3v) is 6.39. The second kappa shape index (κ2) is 12.8. The smallest absolute Gasteiger partial charge is 0.413 e. The number of carbonyl (C=O) groups is 3. The molecule has 0 bridgehead atoms. The van der Waals surface area contributed by atoms with E-state index in [1.54, 1.807) is 51.2 Å². The summed E-state index contributed by atoms with van der Waals surface area (Å²) in [6.07, 6.45) is 4.41. The van der Waals surface area contributed by atoms with E-state index in [-0.39, 0.29) is 41.8 Å². The summed E-state index contributed by atoms with van der Waals surface area (Å²) in [6.45, 7) is 7.31. The SMILES string of the molecule is CCC(=O)NC1CC=C(c2cnc(NC(=O)OC(C)(C)C)c(-c3nnc(-c4ccc(CN(C)C(=O)O)cc4)o3)n2)CC1. The van der Waals surface area contributed by atoms with Gasteiger partial charge in [-0.2, -0.15) is 0 Å². The maximum Gasteiger partial charge on any atom is 0.413 e. The minimum atomic E-state index is -1.02. The van der Waals surface area contributed by atoms with E-state index in [1.165, 1.54) is 11.9 Å². The Bertz CT molecular complexity index is 1480. The van der Waals surface area contributed by atoms with Gasteiger partial charge >= 0.3 is 12.2 Å². The van der Waals surface area contributed by atoms with Gasteiger partial charge in [-0.3, -0.25) is 10.1 Å². The van der Waals surface area contributed by atoms with E-state index < -0.39 is 17.8 Å². The van der Waals surface area contributed by atoms with Crippen molar-refractivity contribution < 1.29 is 28.6 Å². The molecule has 3 amide bonds. The van der Waals surface area contributed by atoms with E-state index in [4.69, 9.17) is 19.2 Å². The normalized spacial score (nSPS) is 15.0. The van der Waals surface area contributed by atoms with Crippen molar-refractivity contribution in [1.29, 1.82) is 0 Å². The minimum absolute atomic E-state index is 0.0194. The van der Waals surface area contributed by atoms with Crippen LogP contribution < -0.4 is 10.6 Å². The van der Waals surface area contributed by atoms with E-state index in [0.29, 0.717) is 30.5 Å². The highest BCUT2D eigenvalue weighted by Crippen LogP contribution is 2.31. The van der Waals surface area contributed by atoms with Gasteiger partial charge in [-0.25, -0.2) is 19.6 Å². The summed E-state index contributed by atoms with van der Waals surface area (Å²) in [5.74, 6) is 0.375. The number of anilines is 1. The predicted molar refractivity (Wildman–Crippen MR) is 154 cm³/mol. The fraction of sp³-hybridized carbons (Fsp3) is 0.414. The van der Waals surface area contributed by atoms with Crippen LogP contribution in [0.25, 0.3) is 28.6 Å². The molecule has 1 aromatic carbocycles. The van der Waals surface area contributed by atoms with Gasteiger partial charge in [0.15, 0.2) is 11.5 Å². The summed E-state index contributed by atoms with van der Waals surface area (Å²) in [7, 11) is 1.49. The quantitative estimate of drug-likeness (QED) is 0.326. The molecule has 1 atom stereocenters. The highest BCUT2D eigenvalue weighted by atomic mass is 16.6. The number of aromatic nitrogens is 4. The molecule has 0 spiro atoms. The Balaban J connectivity index is 1.61. The zero-order valence-electron chi connectivity index (χ0n) is 24.3. The van der Waals surface area contributed by atoms with Gasteiger partial charge in [-0.15, -0.1) is 10.2 Å². The molecule has 1 unspecified atom stereocenters. The van der Waals surface area contributed by atoms with Crippen molar-refractivity contribution in [1.82, 2.24) is 30.4 Å². The number of carboxylic acid groups (broad SMARTS) is 1. The molecule has 1 aliphatic rings. The molecule has 0 saturated heterocycles. The van der Waals surface area contributed by atoms with Gasteiger partial charge in [-0.1, -0.05) is 25.1 Å². The van der Waals surface area contributed by atoms with E-state index in [1.807, 2.05) is 13.0 Å². The van der Waals surface area contributed by atoms with Crippen molar-refractivity contribution in [2.45, 2.75) is 71.6 Å². The lowest BCUT2D eigenvalue weighted by atomic mass is 9.93. The van der Waals surface area contributed by atoms with Crippen LogP contribution in [0.3, 0.4) is 0 Å². The zero-order valence-corrected chi connectivity index (χ0v) is 24.3. The maximum absolute atomic E-state index is 12.6. The molecular formula is C29H35N7O6. The Hall–Kier alpha value is -4.81. The molecule has 13 heteroatoms. The molecule has 222 valence electrons. The summed E-state index contributed by atoms with van der Waals surface area (Å²) in [5.41, 5.74) is 2.42. The first-order chi connectivity index (χ1) is 19.9. The number of allylic oxidation sites excluding steroid dienone is 1. The van der Waals surface area contributed by atoms with Crippen LogP contribution in [0.1, 0.15) is 64.6 Å². The molecule has 0 aliphatic heterocycles. The standard InChI is InChI=1S/C29H35N7O6/c1-6-22(37)31-20-13-11-18(12-14-20)21-15-30-24(33-27(38)42-29(2,3)4)23(32-21)26-35-34-25(41-26)19-9-7-17(8-10-19)16-36(5)28(39)40/h7-11,15,20H,6,12-14,16H2,1-5H3,(H,31,37)(H,39,40)(H,30,33,38). The number of ether oxygens (including phenoxy) is 1. The van der Waals surface area contributed by atoms with Crippen molar-refractivity contribution in [3.8, 4) is 23.0 Å². The largest absolute Gasteiger partial charge is 0.465 e. The van der Waals surface area contributed by atoms with Crippen LogP contribution in [0.15, 0.2) is 41.0 Å². The number of amides is 3. The van der Waals surface area contributed by atoms with Gasteiger partial charge in [0, 0.05) is 31.6 Å². The molecule has 1 aliphatic carbocycles. The first-order valence-electron chi connectivity index (χ1n) is 13.6. The molecular weight excluding hydrogens is 542 g/mol. The van der Waals surface area contributed by atoms with Crippen molar-refractivity contribution >= 4 is 29.5 Å². The van der Waals surface area contributed by atoms with Crippen LogP contribution in [0, 0.1) is 0 Å². The van der Waals surface area contributed by atoms with E-state index in [9.17, 15) is 14.4 Å². The third-order valence-electron chi connectivity index (χ3n) is 6.39. The second-order valence-electron chi connectivity index (χ2n) is 10.9. The third kappa shape index (κ3) is 7.89. The Labute approximate surface area is 243 Å². The van der Waals surface area contributed by atoms with Crippen LogP contribution >= 0.6 is 0 Å². The highest BCUT2D eigenvalue weighted by molar-refractivity contribution is 5.88. The number of hydrogen-bond acceptors (Lipinski definition) is 9. The van der Waals surface area contributed by atoms with Crippen LogP contribution in [0.2, 0.25) is 0 Å². The highest BCUT2D eigenvalue weighted by Gasteiger charge is 2.24. The van der Waals surface area contributed by atoms with Gasteiger partial charge < -0.3 is 24.5 Å². The molecule has 3 aromatic rings. The Morgan fingerprint density at radius 3 is 2.48 bits per heavy atom. The van der Waals surface area contributed by atoms with Crippen molar-refractivity contribution in [2.24, 2.45) is 0 Å². The van der Waals surface area contributed by atoms with Crippen molar-refractivity contribution in [2.75, 3.05) is 12.4 Å². The Morgan fingerprint density at radius 1 is 1.14 bits per heavy atom. The second-order valence-corrected chi connectivity index (χ2v) is 10.9. The van der Waals surface area contributed by atoms with Gasteiger partial charge in [-0.05, 0) is 63.3 Å². The van der Waals surface area contributed by atoms with Gasteiger partial charge in [0.05, 0.1) is 11.9 Å². The van der Waals surface area contributed by atoms with E-state index >= 15 is 0 Å². The van der Waals surface area contributed by atoms with Gasteiger partial charge in [0.1, 0.15) is 5.60 Å². The predicted octanol–water partition coefficient (Wildman–Crippen LogP) is 5.11. The molecule has 2 heterocycles. The maximum atomic E-state index is 12.6. The number of nitrogens with zero attached hydrogens (tertiary/aromatic N) is 5. The first-order valence-corrected chi connectivity index (χ1v) is 13.6. The molecule has 0 radical (unpaired) electrons. The molecule has 0 saturated carbocycles. The summed E-state index contributed by atoms with van der Waals surface area (Å²) in [4.78, 5) is 45.8. The number of rotatable bonds is 8. The molecule has 13 nitrogen and oxygen atoms in total. The van der Waals surface area contributed by atoms with Crippen LogP contribution in [0.5, 0.6) is 0 Å². The summed E-state index contributed by atoms with van der Waals surface area (Å²) in [6, 6.07) is 7.13. The molecule has 4 rings (SSSR count). The average molecular weight is 578 g/mol. The summed E-state index contributed by atoms with van der Waals surface area (Å²) in [5, 5.41) is 23.1. The van der Waals surface area contributed by atoms with Crippen molar-refractivity contribution in [3.63, 3.8) is 0 Å². The topological polar surface area (TPSA) is 173 Å². The van der Waals surface area contributed by atoms with Gasteiger partial charge in [0.2, 0.25) is 11.8 Å². The minimum Gasteiger partial charge on any atom is -0.465 e. The average Bonchev–Trinajstić information content (AvgIpc) is 3.43. The van der Waals surface area contributed by atoms with Crippen molar-refractivity contribution in [3.05, 3.63) is 47.8 Å². The Morgan fingerprint density at radius 2 is 1.86 bits per heavy atom. The Kier molecular flexibility index (Phi) is 9.18.